The first-order valence-corrected chi connectivity index (χ1v) is 11.1. The van der Waals surface area contributed by atoms with Gasteiger partial charge in [-0.05, 0) is 55.7 Å². The maximum Gasteiger partial charge on any atom is 0.230 e. The number of aryl methyl sites for hydroxylation is 2. The molecule has 0 aliphatic heterocycles. The van der Waals surface area contributed by atoms with E-state index in [1.54, 1.807) is 18.7 Å². The van der Waals surface area contributed by atoms with E-state index in [-0.39, 0.29) is 11.9 Å². The fraction of sp³-hybridized carbons (Fsp3) is 0.208. The average molecular weight is 432 g/mol. The Hall–Kier alpha value is -3.32. The number of nitrogens with zero attached hydrogens (tertiary/aromatic N) is 4. The molecule has 0 radical (unpaired) electrons. The van der Waals surface area contributed by atoms with E-state index in [1.807, 2.05) is 52.7 Å². The molecule has 158 valence electrons. The molecule has 7 heteroatoms. The van der Waals surface area contributed by atoms with Crippen molar-refractivity contribution in [2.45, 2.75) is 32.0 Å². The van der Waals surface area contributed by atoms with Crippen molar-refractivity contribution in [1.29, 1.82) is 0 Å². The molecule has 31 heavy (non-hydrogen) atoms. The second kappa shape index (κ2) is 9.22. The average Bonchev–Trinajstić information content (AvgIpc) is 3.46. The van der Waals surface area contributed by atoms with Crippen molar-refractivity contribution < 1.29 is 4.79 Å². The zero-order chi connectivity index (χ0) is 21.8. The lowest BCUT2D eigenvalue weighted by Gasteiger charge is -2.15. The number of hydrogen-bond acceptors (Lipinski definition) is 4. The van der Waals surface area contributed by atoms with Crippen LogP contribution in [0.4, 0.5) is 0 Å². The van der Waals surface area contributed by atoms with E-state index >= 15 is 0 Å². The lowest BCUT2D eigenvalue weighted by Crippen LogP contribution is -2.28. The van der Waals surface area contributed by atoms with Gasteiger partial charge in [0.15, 0.2) is 5.16 Å². The number of benzene rings is 2. The summed E-state index contributed by atoms with van der Waals surface area (Å²) < 4.78 is 3.99. The van der Waals surface area contributed by atoms with Crippen LogP contribution < -0.4 is 5.32 Å². The molecule has 2 aromatic carbocycles. The molecule has 0 aliphatic carbocycles. The first kappa shape index (κ1) is 20.9. The second-order valence-electron chi connectivity index (χ2n) is 7.51. The van der Waals surface area contributed by atoms with Crippen molar-refractivity contribution in [2.24, 2.45) is 0 Å². The van der Waals surface area contributed by atoms with E-state index < -0.39 is 0 Å². The molecule has 0 aliphatic rings. The molecule has 0 fully saturated rings. The maximum atomic E-state index is 12.6. The molecule has 4 rings (SSSR count). The number of carbonyl (C=O) groups excluding carboxylic acids is 1. The summed E-state index contributed by atoms with van der Waals surface area (Å²) in [5, 5.41) is 3.88. The van der Waals surface area contributed by atoms with E-state index in [4.69, 9.17) is 0 Å². The third kappa shape index (κ3) is 4.88. The molecule has 0 saturated carbocycles. The van der Waals surface area contributed by atoms with Crippen LogP contribution in [0.2, 0.25) is 0 Å². The Morgan fingerprint density at radius 3 is 2.65 bits per heavy atom. The molecule has 4 aromatic rings. The summed E-state index contributed by atoms with van der Waals surface area (Å²) in [7, 11) is 0. The van der Waals surface area contributed by atoms with Gasteiger partial charge in [-0.25, -0.2) is 9.97 Å². The van der Waals surface area contributed by atoms with Crippen LogP contribution in [0, 0.1) is 13.8 Å². The van der Waals surface area contributed by atoms with E-state index in [1.165, 1.54) is 22.9 Å². The van der Waals surface area contributed by atoms with Crippen molar-refractivity contribution in [2.75, 3.05) is 5.75 Å². The highest BCUT2D eigenvalue weighted by Gasteiger charge is 2.13. The van der Waals surface area contributed by atoms with Crippen molar-refractivity contribution >= 4 is 17.7 Å². The van der Waals surface area contributed by atoms with Gasteiger partial charge in [0.25, 0.3) is 0 Å². The van der Waals surface area contributed by atoms with Crippen LogP contribution >= 0.6 is 11.8 Å². The molecule has 0 unspecified atom stereocenters. The SMILES string of the molecule is Cc1ccc(C)c(-n2ccnc2SCC(=O)N[C@H](C)c2ccc(-n3ccnc3)cc2)c1. The number of imidazole rings is 2. The van der Waals surface area contributed by atoms with Crippen LogP contribution in [0.3, 0.4) is 0 Å². The van der Waals surface area contributed by atoms with Crippen molar-refractivity contribution in [3.05, 3.63) is 90.3 Å². The van der Waals surface area contributed by atoms with E-state index in [0.717, 1.165) is 22.1 Å². The normalized spacial score (nSPS) is 12.0. The minimum Gasteiger partial charge on any atom is -0.349 e. The lowest BCUT2D eigenvalue weighted by atomic mass is 10.1. The number of hydrogen-bond donors (Lipinski definition) is 1. The van der Waals surface area contributed by atoms with Gasteiger partial charge in [-0.1, -0.05) is 36.0 Å². The van der Waals surface area contributed by atoms with Crippen LogP contribution in [-0.4, -0.2) is 30.8 Å². The summed E-state index contributed by atoms with van der Waals surface area (Å²) in [6.45, 7) is 6.14. The zero-order valence-corrected chi connectivity index (χ0v) is 18.6. The molecule has 1 N–H and O–H groups in total. The van der Waals surface area contributed by atoms with E-state index in [2.05, 4.69) is 47.3 Å². The Morgan fingerprint density at radius 2 is 1.90 bits per heavy atom. The molecule has 0 saturated heterocycles. The van der Waals surface area contributed by atoms with Gasteiger partial charge in [-0.3, -0.25) is 9.36 Å². The van der Waals surface area contributed by atoms with Crippen LogP contribution in [0.25, 0.3) is 11.4 Å². The summed E-state index contributed by atoms with van der Waals surface area (Å²) in [5.41, 5.74) is 5.54. The Kier molecular flexibility index (Phi) is 6.23. The molecule has 6 nitrogen and oxygen atoms in total. The van der Waals surface area contributed by atoms with E-state index in [0.29, 0.717) is 5.75 Å². The molecule has 1 amide bonds. The summed E-state index contributed by atoms with van der Waals surface area (Å²) in [6.07, 6.45) is 9.12. The molecular formula is C24H25N5OS. The standard InChI is InChI=1S/C24H25N5OS/c1-17-4-5-18(2)22(14-17)29-13-11-26-24(29)31-15-23(30)27-19(3)20-6-8-21(9-7-20)28-12-10-25-16-28/h4-14,16,19H,15H2,1-3H3,(H,27,30)/t19-/m1/s1. The predicted molar refractivity (Wildman–Crippen MR) is 124 cm³/mol. The number of carbonyl (C=O) groups is 1. The summed E-state index contributed by atoms with van der Waals surface area (Å²) in [4.78, 5) is 21.1. The Labute approximate surface area is 186 Å². The highest BCUT2D eigenvalue weighted by Crippen LogP contribution is 2.24. The van der Waals surface area contributed by atoms with Crippen molar-refractivity contribution in [3.63, 3.8) is 0 Å². The summed E-state index contributed by atoms with van der Waals surface area (Å²) in [6, 6.07) is 14.4. The van der Waals surface area contributed by atoms with Crippen molar-refractivity contribution in [1.82, 2.24) is 24.4 Å². The van der Waals surface area contributed by atoms with Gasteiger partial charge in [-0.15, -0.1) is 0 Å². The van der Waals surface area contributed by atoms with Crippen LogP contribution in [0.5, 0.6) is 0 Å². The van der Waals surface area contributed by atoms with Crippen molar-refractivity contribution in [3.8, 4) is 11.4 Å². The van der Waals surface area contributed by atoms with Gasteiger partial charge < -0.3 is 9.88 Å². The van der Waals surface area contributed by atoms with Gasteiger partial charge in [0, 0.05) is 30.5 Å². The van der Waals surface area contributed by atoms with E-state index in [9.17, 15) is 4.79 Å². The summed E-state index contributed by atoms with van der Waals surface area (Å²) >= 11 is 1.44. The zero-order valence-electron chi connectivity index (χ0n) is 17.8. The maximum absolute atomic E-state index is 12.6. The Bertz CT molecular complexity index is 1170. The fourth-order valence-electron chi connectivity index (χ4n) is 3.40. The van der Waals surface area contributed by atoms with Crippen LogP contribution in [-0.2, 0) is 4.79 Å². The summed E-state index contributed by atoms with van der Waals surface area (Å²) in [5.74, 6) is 0.283. The van der Waals surface area contributed by atoms with Crippen LogP contribution in [0.15, 0.2) is 78.7 Å². The highest BCUT2D eigenvalue weighted by molar-refractivity contribution is 7.99. The van der Waals surface area contributed by atoms with Gasteiger partial charge in [0.2, 0.25) is 5.91 Å². The largest absolute Gasteiger partial charge is 0.349 e. The van der Waals surface area contributed by atoms with Gasteiger partial charge >= 0.3 is 0 Å². The monoisotopic (exact) mass is 431 g/mol. The van der Waals surface area contributed by atoms with Gasteiger partial charge in [-0.2, -0.15) is 0 Å². The minimum atomic E-state index is -0.0799. The molecular weight excluding hydrogens is 406 g/mol. The molecule has 0 bridgehead atoms. The number of aromatic nitrogens is 4. The van der Waals surface area contributed by atoms with Gasteiger partial charge in [0.05, 0.1) is 23.8 Å². The van der Waals surface area contributed by atoms with Crippen LogP contribution in [0.1, 0.15) is 29.7 Å². The first-order valence-electron chi connectivity index (χ1n) is 10.1. The number of amides is 1. The molecule has 1 atom stereocenters. The first-order chi connectivity index (χ1) is 15.0. The number of rotatable bonds is 7. The number of nitrogens with one attached hydrogen (secondary N) is 1. The minimum absolute atomic E-state index is 0.0216. The lowest BCUT2D eigenvalue weighted by molar-refractivity contribution is -0.119. The quantitative estimate of drug-likeness (QED) is 0.433. The topological polar surface area (TPSA) is 64.7 Å². The molecule has 2 heterocycles. The second-order valence-corrected chi connectivity index (χ2v) is 8.45. The predicted octanol–water partition coefficient (Wildman–Crippen LogP) is 4.64. The molecule has 2 aromatic heterocycles. The van der Waals surface area contributed by atoms with Gasteiger partial charge in [0.1, 0.15) is 0 Å². The smallest absolute Gasteiger partial charge is 0.230 e. The Balaban J connectivity index is 1.37. The highest BCUT2D eigenvalue weighted by atomic mass is 32.2. The Morgan fingerprint density at radius 1 is 1.10 bits per heavy atom. The molecule has 0 spiro atoms. The number of thioether (sulfide) groups is 1. The fourth-order valence-corrected chi connectivity index (χ4v) is 4.18. The third-order valence-electron chi connectivity index (χ3n) is 5.14. The third-order valence-corrected chi connectivity index (χ3v) is 6.10.